The highest BCUT2D eigenvalue weighted by atomic mass is 32.1. The molecule has 0 radical (unpaired) electrons. The first-order chi connectivity index (χ1) is 18.0. The van der Waals surface area contributed by atoms with Crippen LogP contribution in [0, 0.1) is 13.8 Å². The van der Waals surface area contributed by atoms with Gasteiger partial charge in [-0.15, -0.1) is 0 Å². The Kier molecular flexibility index (Phi) is 6.89. The molecule has 1 aliphatic rings. The summed E-state index contributed by atoms with van der Waals surface area (Å²) in [5.74, 6) is 1.46. The van der Waals surface area contributed by atoms with Crippen LogP contribution in [0.15, 0.2) is 72.9 Å². The van der Waals surface area contributed by atoms with Gasteiger partial charge in [-0.3, -0.25) is 4.98 Å². The molecule has 4 aromatic rings. The summed E-state index contributed by atoms with van der Waals surface area (Å²) in [6.45, 7) is 6.50. The number of rotatable bonds is 7. The Morgan fingerprint density at radius 3 is 2.41 bits per heavy atom. The summed E-state index contributed by atoms with van der Waals surface area (Å²) in [7, 11) is 3.34. The number of pyridine rings is 1. The van der Waals surface area contributed by atoms with E-state index in [1.54, 1.807) is 14.2 Å². The first-order valence-corrected chi connectivity index (χ1v) is 12.9. The summed E-state index contributed by atoms with van der Waals surface area (Å²) >= 11 is 5.95. The van der Waals surface area contributed by atoms with Crippen LogP contribution in [0.25, 0.3) is 5.69 Å². The van der Waals surface area contributed by atoms with Crippen LogP contribution in [0.4, 0.5) is 5.69 Å². The molecule has 1 saturated heterocycles. The number of aryl methyl sites for hydroxylation is 2. The maximum absolute atomic E-state index is 5.95. The lowest BCUT2D eigenvalue weighted by Crippen LogP contribution is -2.30. The number of thiocarbonyl (C=S) groups is 1. The summed E-state index contributed by atoms with van der Waals surface area (Å²) in [4.78, 5) is 6.84. The molecule has 5 rings (SSSR count). The van der Waals surface area contributed by atoms with Crippen LogP contribution in [0.3, 0.4) is 0 Å². The molecule has 2 aromatic carbocycles. The van der Waals surface area contributed by atoms with Crippen molar-refractivity contribution in [3.05, 3.63) is 101 Å². The van der Waals surface area contributed by atoms with Gasteiger partial charge in [-0.05, 0) is 86.1 Å². The molecule has 37 heavy (non-hydrogen) atoms. The van der Waals surface area contributed by atoms with E-state index in [4.69, 9.17) is 26.7 Å². The minimum absolute atomic E-state index is 0.152. The van der Waals surface area contributed by atoms with E-state index in [-0.39, 0.29) is 12.1 Å². The number of nitrogens with one attached hydrogen (secondary N) is 1. The molecule has 0 spiro atoms. The Labute approximate surface area is 223 Å². The molecule has 2 unspecified atom stereocenters. The predicted molar refractivity (Wildman–Crippen MR) is 152 cm³/mol. The third kappa shape index (κ3) is 4.44. The fraction of sp³-hybridized carbons (Fsp3) is 0.267. The van der Waals surface area contributed by atoms with Gasteiger partial charge in [0.05, 0.1) is 37.7 Å². The highest BCUT2D eigenvalue weighted by molar-refractivity contribution is 7.80. The fourth-order valence-electron chi connectivity index (χ4n) is 5.28. The zero-order valence-corrected chi connectivity index (χ0v) is 22.7. The number of benzene rings is 2. The molecule has 1 fully saturated rings. The molecule has 3 heterocycles. The van der Waals surface area contributed by atoms with Gasteiger partial charge in [0.1, 0.15) is 11.5 Å². The Balaban J connectivity index is 1.69. The van der Waals surface area contributed by atoms with Gasteiger partial charge in [0.15, 0.2) is 5.11 Å². The molecule has 7 heteroatoms. The van der Waals surface area contributed by atoms with Gasteiger partial charge < -0.3 is 24.3 Å². The maximum atomic E-state index is 5.95. The first kappa shape index (κ1) is 24.8. The zero-order chi connectivity index (χ0) is 26.1. The molecule has 2 aromatic heterocycles. The number of anilines is 1. The normalized spacial score (nSPS) is 17.1. The standard InChI is InChI=1S/C30H32N4O2S/c1-6-21-10-12-22(13-11-21)33-19(2)17-24(20(33)3)29-28(25-9-7-8-16-31-25)32-30(37)34(29)26-18-23(35-4)14-15-27(26)36-5/h7-18,28-29H,6H2,1-5H3,(H,32,37). The van der Waals surface area contributed by atoms with Crippen molar-refractivity contribution in [2.24, 2.45) is 0 Å². The molecule has 0 amide bonds. The summed E-state index contributed by atoms with van der Waals surface area (Å²) in [5.41, 5.74) is 7.73. The average Bonchev–Trinajstić information content (AvgIpc) is 3.43. The van der Waals surface area contributed by atoms with Crippen molar-refractivity contribution in [2.75, 3.05) is 19.1 Å². The lowest BCUT2D eigenvalue weighted by molar-refractivity contribution is 0.403. The quantitative estimate of drug-likeness (QED) is 0.296. The number of nitrogens with zero attached hydrogens (tertiary/aromatic N) is 3. The van der Waals surface area contributed by atoms with E-state index in [0.29, 0.717) is 5.11 Å². The SMILES string of the molecule is CCc1ccc(-n2c(C)cc(C3C(c4ccccn4)NC(=S)N3c3cc(OC)ccc3OC)c2C)cc1. The molecular formula is C30H32N4O2S. The summed E-state index contributed by atoms with van der Waals surface area (Å²) in [6.07, 6.45) is 2.84. The average molecular weight is 513 g/mol. The fourth-order valence-corrected chi connectivity index (χ4v) is 5.62. The van der Waals surface area contributed by atoms with Crippen LogP contribution < -0.4 is 19.7 Å². The van der Waals surface area contributed by atoms with E-state index < -0.39 is 0 Å². The second-order valence-electron chi connectivity index (χ2n) is 9.22. The third-order valence-corrected chi connectivity index (χ3v) is 7.45. The number of hydrogen-bond donors (Lipinski definition) is 1. The number of aromatic nitrogens is 2. The Hall–Kier alpha value is -3.84. The van der Waals surface area contributed by atoms with Crippen molar-refractivity contribution < 1.29 is 9.47 Å². The van der Waals surface area contributed by atoms with Crippen molar-refractivity contribution >= 4 is 23.0 Å². The number of hydrogen-bond acceptors (Lipinski definition) is 4. The number of ether oxygens (including phenoxy) is 2. The molecule has 0 bridgehead atoms. The molecule has 1 aliphatic heterocycles. The van der Waals surface area contributed by atoms with Gasteiger partial charge in [-0.25, -0.2) is 0 Å². The van der Waals surface area contributed by atoms with Gasteiger partial charge in [0, 0.05) is 29.3 Å². The van der Waals surface area contributed by atoms with Gasteiger partial charge >= 0.3 is 0 Å². The minimum Gasteiger partial charge on any atom is -0.497 e. The van der Waals surface area contributed by atoms with Crippen molar-refractivity contribution in [1.29, 1.82) is 0 Å². The Morgan fingerprint density at radius 1 is 0.973 bits per heavy atom. The highest BCUT2D eigenvalue weighted by Crippen LogP contribution is 2.47. The van der Waals surface area contributed by atoms with Crippen molar-refractivity contribution in [1.82, 2.24) is 14.9 Å². The summed E-state index contributed by atoms with van der Waals surface area (Å²) in [6, 6.07) is 22.5. The van der Waals surface area contributed by atoms with Crippen LogP contribution in [0.2, 0.25) is 0 Å². The van der Waals surface area contributed by atoms with E-state index in [9.17, 15) is 0 Å². The smallest absolute Gasteiger partial charge is 0.174 e. The molecule has 0 aliphatic carbocycles. The van der Waals surface area contributed by atoms with E-state index in [0.717, 1.165) is 46.4 Å². The van der Waals surface area contributed by atoms with Crippen LogP contribution in [-0.4, -0.2) is 28.9 Å². The van der Waals surface area contributed by atoms with Crippen molar-refractivity contribution in [3.8, 4) is 17.2 Å². The largest absolute Gasteiger partial charge is 0.497 e. The molecule has 6 nitrogen and oxygen atoms in total. The van der Waals surface area contributed by atoms with Gasteiger partial charge in [0.25, 0.3) is 0 Å². The van der Waals surface area contributed by atoms with Crippen LogP contribution in [0.5, 0.6) is 11.5 Å². The Bertz CT molecular complexity index is 1420. The van der Waals surface area contributed by atoms with Gasteiger partial charge in [-0.1, -0.05) is 25.1 Å². The summed E-state index contributed by atoms with van der Waals surface area (Å²) < 4.78 is 13.7. The molecular weight excluding hydrogens is 480 g/mol. The molecule has 2 atom stereocenters. The maximum Gasteiger partial charge on any atom is 0.174 e. The lowest BCUT2D eigenvalue weighted by Gasteiger charge is -2.29. The molecule has 1 N–H and O–H groups in total. The van der Waals surface area contributed by atoms with Crippen molar-refractivity contribution in [2.45, 2.75) is 39.3 Å². The van der Waals surface area contributed by atoms with E-state index in [1.807, 2.05) is 42.6 Å². The first-order valence-electron chi connectivity index (χ1n) is 12.5. The molecule has 0 saturated carbocycles. The Morgan fingerprint density at radius 2 is 1.76 bits per heavy atom. The topological polar surface area (TPSA) is 51.6 Å². The van der Waals surface area contributed by atoms with Gasteiger partial charge in [-0.2, -0.15) is 0 Å². The lowest BCUT2D eigenvalue weighted by atomic mass is 9.96. The second-order valence-corrected chi connectivity index (χ2v) is 9.60. The van der Waals surface area contributed by atoms with Crippen LogP contribution in [0.1, 0.15) is 47.2 Å². The van der Waals surface area contributed by atoms with Crippen LogP contribution >= 0.6 is 12.2 Å². The van der Waals surface area contributed by atoms with Crippen molar-refractivity contribution in [3.63, 3.8) is 0 Å². The van der Waals surface area contributed by atoms with E-state index in [1.165, 1.54) is 11.1 Å². The monoisotopic (exact) mass is 512 g/mol. The minimum atomic E-state index is -0.154. The second kappa shape index (κ2) is 10.3. The highest BCUT2D eigenvalue weighted by Gasteiger charge is 2.43. The van der Waals surface area contributed by atoms with E-state index in [2.05, 4.69) is 65.9 Å². The number of methoxy groups -OCH3 is 2. The summed E-state index contributed by atoms with van der Waals surface area (Å²) in [5, 5.41) is 4.17. The molecule has 190 valence electrons. The zero-order valence-electron chi connectivity index (χ0n) is 21.9. The third-order valence-electron chi connectivity index (χ3n) is 7.14. The van der Waals surface area contributed by atoms with Gasteiger partial charge in [0.2, 0.25) is 0 Å². The predicted octanol–water partition coefficient (Wildman–Crippen LogP) is 6.25. The van der Waals surface area contributed by atoms with E-state index >= 15 is 0 Å². The van der Waals surface area contributed by atoms with Crippen LogP contribution in [-0.2, 0) is 6.42 Å².